The molecule has 2 aromatic heterocycles. The van der Waals surface area contributed by atoms with E-state index in [2.05, 4.69) is 21.9 Å². The molecule has 1 unspecified atom stereocenters. The molecular weight excluding hydrogens is 268 g/mol. The van der Waals surface area contributed by atoms with Crippen molar-refractivity contribution in [3.63, 3.8) is 0 Å². The Bertz CT molecular complexity index is 652. The van der Waals surface area contributed by atoms with Gasteiger partial charge < -0.3 is 9.64 Å². The van der Waals surface area contributed by atoms with Gasteiger partial charge in [-0.25, -0.2) is 14.3 Å². The van der Waals surface area contributed by atoms with Gasteiger partial charge >= 0.3 is 5.97 Å². The minimum absolute atomic E-state index is 0.393. The van der Waals surface area contributed by atoms with Gasteiger partial charge in [-0.05, 0) is 37.6 Å². The standard InChI is InChI=1S/C15H20N4O2/c1-3-18-8-7-11(10-18)9-13-16-14-6-4-5-12(15(20)21-2)19(14)17-13/h4-6,11H,3,7-10H2,1-2H3. The fourth-order valence-corrected chi connectivity index (χ4v) is 2.92. The summed E-state index contributed by atoms with van der Waals surface area (Å²) < 4.78 is 6.36. The van der Waals surface area contributed by atoms with E-state index in [1.54, 1.807) is 16.6 Å². The van der Waals surface area contributed by atoms with E-state index in [9.17, 15) is 4.79 Å². The first-order chi connectivity index (χ1) is 10.2. The molecule has 1 saturated heterocycles. The van der Waals surface area contributed by atoms with Crippen LogP contribution < -0.4 is 0 Å². The summed E-state index contributed by atoms with van der Waals surface area (Å²) in [5.74, 6) is 1.01. The van der Waals surface area contributed by atoms with E-state index >= 15 is 0 Å². The molecule has 0 bridgehead atoms. The lowest BCUT2D eigenvalue weighted by molar-refractivity contribution is 0.0591. The summed E-state index contributed by atoms with van der Waals surface area (Å²) in [5.41, 5.74) is 1.11. The quantitative estimate of drug-likeness (QED) is 0.796. The maximum absolute atomic E-state index is 11.7. The number of likely N-dealkylation sites (tertiary alicyclic amines) is 1. The van der Waals surface area contributed by atoms with Gasteiger partial charge in [-0.3, -0.25) is 0 Å². The van der Waals surface area contributed by atoms with E-state index in [-0.39, 0.29) is 0 Å². The van der Waals surface area contributed by atoms with E-state index in [1.807, 2.05) is 6.07 Å². The van der Waals surface area contributed by atoms with Crippen molar-refractivity contribution in [1.29, 1.82) is 0 Å². The first-order valence-electron chi connectivity index (χ1n) is 7.36. The smallest absolute Gasteiger partial charge is 0.356 e. The molecule has 0 aliphatic carbocycles. The van der Waals surface area contributed by atoms with Gasteiger partial charge in [-0.2, -0.15) is 5.10 Å². The summed E-state index contributed by atoms with van der Waals surface area (Å²) in [7, 11) is 1.37. The maximum atomic E-state index is 11.7. The number of pyridine rings is 1. The Morgan fingerprint density at radius 2 is 2.33 bits per heavy atom. The molecule has 2 aromatic rings. The molecule has 3 heterocycles. The van der Waals surface area contributed by atoms with Crippen molar-refractivity contribution < 1.29 is 9.53 Å². The lowest BCUT2D eigenvalue weighted by atomic mass is 10.1. The van der Waals surface area contributed by atoms with Crippen LogP contribution in [0.3, 0.4) is 0 Å². The van der Waals surface area contributed by atoms with Crippen LogP contribution in [0, 0.1) is 5.92 Å². The zero-order valence-corrected chi connectivity index (χ0v) is 12.5. The molecular formula is C15H20N4O2. The Morgan fingerprint density at radius 1 is 1.48 bits per heavy atom. The lowest BCUT2D eigenvalue weighted by Crippen LogP contribution is -2.20. The highest BCUT2D eigenvalue weighted by Crippen LogP contribution is 2.19. The molecule has 21 heavy (non-hydrogen) atoms. The number of rotatable bonds is 4. The first kappa shape index (κ1) is 14.0. The molecule has 0 radical (unpaired) electrons. The molecule has 3 rings (SSSR count). The zero-order chi connectivity index (χ0) is 14.8. The number of hydrogen-bond donors (Lipinski definition) is 0. The van der Waals surface area contributed by atoms with Crippen LogP contribution in [-0.2, 0) is 11.2 Å². The molecule has 0 aromatic carbocycles. The molecule has 0 N–H and O–H groups in total. The summed E-state index contributed by atoms with van der Waals surface area (Å²) in [4.78, 5) is 18.7. The van der Waals surface area contributed by atoms with Gasteiger partial charge in [0, 0.05) is 13.0 Å². The normalized spacial score (nSPS) is 19.2. The van der Waals surface area contributed by atoms with Gasteiger partial charge in [0.05, 0.1) is 7.11 Å². The van der Waals surface area contributed by atoms with Gasteiger partial charge in [0.15, 0.2) is 17.2 Å². The molecule has 6 heteroatoms. The molecule has 0 saturated carbocycles. The number of methoxy groups -OCH3 is 1. The number of ether oxygens (including phenoxy) is 1. The minimum atomic E-state index is -0.393. The highest BCUT2D eigenvalue weighted by atomic mass is 16.5. The van der Waals surface area contributed by atoms with Crippen molar-refractivity contribution in [2.45, 2.75) is 19.8 Å². The first-order valence-corrected chi connectivity index (χ1v) is 7.36. The second-order valence-electron chi connectivity index (χ2n) is 5.45. The van der Waals surface area contributed by atoms with Crippen LogP contribution in [0.5, 0.6) is 0 Å². The monoisotopic (exact) mass is 288 g/mol. The Balaban J connectivity index is 1.83. The third-order valence-corrected chi connectivity index (χ3v) is 4.09. The molecule has 6 nitrogen and oxygen atoms in total. The summed E-state index contributed by atoms with van der Waals surface area (Å²) in [5, 5.41) is 4.48. The molecule has 1 fully saturated rings. The molecule has 1 atom stereocenters. The van der Waals surface area contributed by atoms with E-state index in [0.717, 1.165) is 31.9 Å². The number of carbonyl (C=O) groups excluding carboxylic acids is 1. The number of esters is 1. The largest absolute Gasteiger partial charge is 0.464 e. The van der Waals surface area contributed by atoms with Crippen molar-refractivity contribution in [3.8, 4) is 0 Å². The van der Waals surface area contributed by atoms with Crippen LogP contribution in [0.1, 0.15) is 29.7 Å². The Labute approximate surface area is 123 Å². The highest BCUT2D eigenvalue weighted by molar-refractivity contribution is 5.88. The van der Waals surface area contributed by atoms with Crippen molar-refractivity contribution >= 4 is 11.6 Å². The van der Waals surface area contributed by atoms with Crippen molar-refractivity contribution in [3.05, 3.63) is 29.7 Å². The predicted molar refractivity (Wildman–Crippen MR) is 78.3 cm³/mol. The number of carbonyl (C=O) groups is 1. The molecule has 1 aliphatic rings. The SMILES string of the molecule is CCN1CCC(Cc2nc3cccc(C(=O)OC)n3n2)C1. The van der Waals surface area contributed by atoms with Crippen LogP contribution in [0.25, 0.3) is 5.65 Å². The Morgan fingerprint density at radius 3 is 3.05 bits per heavy atom. The minimum Gasteiger partial charge on any atom is -0.464 e. The van der Waals surface area contributed by atoms with Gasteiger partial charge in [0.25, 0.3) is 0 Å². The fourth-order valence-electron chi connectivity index (χ4n) is 2.92. The van der Waals surface area contributed by atoms with Gasteiger partial charge in [0.2, 0.25) is 0 Å². The van der Waals surface area contributed by atoms with Gasteiger partial charge in [-0.15, -0.1) is 0 Å². The predicted octanol–water partition coefficient (Wildman–Crippen LogP) is 1.40. The number of fused-ring (bicyclic) bond motifs is 1. The average molecular weight is 288 g/mol. The van der Waals surface area contributed by atoms with Crippen LogP contribution in [0.4, 0.5) is 0 Å². The summed E-state index contributed by atoms with van der Waals surface area (Å²) in [6.07, 6.45) is 2.05. The highest BCUT2D eigenvalue weighted by Gasteiger charge is 2.23. The summed E-state index contributed by atoms with van der Waals surface area (Å²) in [6.45, 7) is 5.55. The fraction of sp³-hybridized carbons (Fsp3) is 0.533. The second kappa shape index (κ2) is 5.81. The van der Waals surface area contributed by atoms with Crippen molar-refractivity contribution in [1.82, 2.24) is 19.5 Å². The van der Waals surface area contributed by atoms with Gasteiger partial charge in [0.1, 0.15) is 0 Å². The van der Waals surface area contributed by atoms with Crippen molar-refractivity contribution in [2.24, 2.45) is 5.92 Å². The molecule has 1 aliphatic heterocycles. The molecule has 0 spiro atoms. The number of nitrogens with zero attached hydrogens (tertiary/aromatic N) is 4. The van der Waals surface area contributed by atoms with E-state index in [1.165, 1.54) is 13.5 Å². The second-order valence-corrected chi connectivity index (χ2v) is 5.45. The van der Waals surface area contributed by atoms with Crippen LogP contribution in [0.15, 0.2) is 18.2 Å². The maximum Gasteiger partial charge on any atom is 0.356 e. The Kier molecular flexibility index (Phi) is 3.88. The van der Waals surface area contributed by atoms with E-state index < -0.39 is 5.97 Å². The average Bonchev–Trinajstić information content (AvgIpc) is 3.12. The zero-order valence-electron chi connectivity index (χ0n) is 12.5. The van der Waals surface area contributed by atoms with E-state index in [4.69, 9.17) is 4.74 Å². The van der Waals surface area contributed by atoms with Crippen LogP contribution >= 0.6 is 0 Å². The summed E-state index contributed by atoms with van der Waals surface area (Å²) >= 11 is 0. The van der Waals surface area contributed by atoms with Crippen molar-refractivity contribution in [2.75, 3.05) is 26.7 Å². The summed E-state index contributed by atoms with van der Waals surface area (Å²) in [6, 6.07) is 5.36. The Hall–Kier alpha value is -1.95. The third-order valence-electron chi connectivity index (χ3n) is 4.09. The number of aromatic nitrogens is 3. The number of hydrogen-bond acceptors (Lipinski definition) is 5. The lowest BCUT2D eigenvalue weighted by Gasteiger charge is -2.11. The van der Waals surface area contributed by atoms with E-state index in [0.29, 0.717) is 17.3 Å². The third kappa shape index (κ3) is 2.76. The molecule has 0 amide bonds. The molecule has 112 valence electrons. The van der Waals surface area contributed by atoms with Crippen LogP contribution in [0.2, 0.25) is 0 Å². The van der Waals surface area contributed by atoms with Crippen LogP contribution in [-0.4, -0.2) is 52.2 Å². The van der Waals surface area contributed by atoms with Gasteiger partial charge in [-0.1, -0.05) is 13.0 Å². The topological polar surface area (TPSA) is 59.7 Å².